The minimum atomic E-state index is -0.115. The maximum Gasteiger partial charge on any atom is 0.231 e. The standard InChI is InChI=1S/C31H27BN4O4/c1-19-12-26-25(32)17-34-36(26)30(15-24(19)23-4-2-3-5-27(23)37)33-16-20-6-9-22(10-7-20)35-31(38)14-21-8-11-28-29(13-21)40-18-39-28/h2-11,13,15,17,33,37H,12,14,16,18H2,1H3,(H,35,38). The Labute approximate surface area is 233 Å². The molecular formula is C31H27BN4O4. The predicted molar refractivity (Wildman–Crippen MR) is 154 cm³/mol. The van der Waals surface area contributed by atoms with Crippen LogP contribution in [-0.2, 0) is 24.2 Å². The van der Waals surface area contributed by atoms with E-state index in [1.807, 2.05) is 72.3 Å². The third kappa shape index (κ3) is 5.18. The number of aromatic hydroxyl groups is 1. The number of anilines is 1. The Hall–Kier alpha value is -4.92. The molecule has 1 amide bonds. The molecule has 3 N–H and O–H groups in total. The number of fused-ring (bicyclic) bond motifs is 2. The number of carbonyl (C=O) groups excluding carboxylic acids is 1. The highest BCUT2D eigenvalue weighted by Gasteiger charge is 2.20. The van der Waals surface area contributed by atoms with Crippen molar-refractivity contribution in [2.45, 2.75) is 26.3 Å². The first-order valence-electron chi connectivity index (χ1n) is 13.0. The molecule has 0 spiro atoms. The van der Waals surface area contributed by atoms with Crippen LogP contribution in [-0.4, -0.2) is 35.4 Å². The molecule has 1 aromatic heterocycles. The quantitative estimate of drug-likeness (QED) is 0.314. The molecule has 0 saturated heterocycles. The van der Waals surface area contributed by atoms with E-state index in [1.165, 1.54) is 0 Å². The summed E-state index contributed by atoms with van der Waals surface area (Å²) in [6.07, 6.45) is 4.50. The summed E-state index contributed by atoms with van der Waals surface area (Å²) in [6.45, 7) is 2.76. The molecule has 2 aliphatic rings. The zero-order chi connectivity index (χ0) is 27.6. The summed E-state index contributed by atoms with van der Waals surface area (Å²) in [6, 6.07) is 20.5. The summed E-state index contributed by atoms with van der Waals surface area (Å²) >= 11 is 0. The zero-order valence-corrected chi connectivity index (χ0v) is 22.0. The monoisotopic (exact) mass is 530 g/mol. The Bertz CT molecular complexity index is 1660. The van der Waals surface area contributed by atoms with E-state index < -0.39 is 0 Å². The van der Waals surface area contributed by atoms with E-state index in [0.717, 1.165) is 39.4 Å². The second-order valence-corrected chi connectivity index (χ2v) is 9.84. The second kappa shape index (κ2) is 10.7. The van der Waals surface area contributed by atoms with E-state index in [1.54, 1.807) is 18.3 Å². The number of hydrogen-bond donors (Lipinski definition) is 3. The lowest BCUT2D eigenvalue weighted by molar-refractivity contribution is -0.115. The van der Waals surface area contributed by atoms with Crippen molar-refractivity contribution in [3.8, 4) is 17.2 Å². The fourth-order valence-corrected chi connectivity index (χ4v) is 4.91. The van der Waals surface area contributed by atoms with Crippen LogP contribution < -0.4 is 25.6 Å². The number of ether oxygens (including phenoxy) is 2. The Morgan fingerprint density at radius 1 is 1.05 bits per heavy atom. The molecule has 6 rings (SSSR count). The lowest BCUT2D eigenvalue weighted by Gasteiger charge is -2.14. The lowest BCUT2D eigenvalue weighted by Crippen LogP contribution is -2.21. The van der Waals surface area contributed by atoms with Crippen LogP contribution in [0.1, 0.15) is 29.3 Å². The molecule has 198 valence electrons. The molecule has 0 fully saturated rings. The molecule has 3 heterocycles. The predicted octanol–water partition coefficient (Wildman–Crippen LogP) is 3.91. The molecule has 0 saturated carbocycles. The third-order valence-corrected chi connectivity index (χ3v) is 7.01. The normalized spacial score (nSPS) is 13.9. The number of phenols is 1. The first-order valence-corrected chi connectivity index (χ1v) is 13.0. The lowest BCUT2D eigenvalue weighted by atomic mass is 9.92. The van der Waals surface area contributed by atoms with Crippen LogP contribution in [0.5, 0.6) is 17.2 Å². The molecule has 2 aliphatic heterocycles. The molecular weight excluding hydrogens is 503 g/mol. The van der Waals surface area contributed by atoms with Gasteiger partial charge in [0.1, 0.15) is 19.4 Å². The zero-order valence-electron chi connectivity index (χ0n) is 22.0. The smallest absolute Gasteiger partial charge is 0.231 e. The highest BCUT2D eigenvalue weighted by molar-refractivity contribution is 6.33. The van der Waals surface area contributed by atoms with Gasteiger partial charge in [-0.3, -0.25) is 4.79 Å². The van der Waals surface area contributed by atoms with Gasteiger partial charge in [0, 0.05) is 36.1 Å². The average molecular weight is 530 g/mol. The maximum absolute atomic E-state index is 12.6. The molecule has 0 atom stereocenters. The van der Waals surface area contributed by atoms with E-state index in [0.29, 0.717) is 35.6 Å². The molecule has 8 nitrogen and oxygen atoms in total. The van der Waals surface area contributed by atoms with Crippen molar-refractivity contribution in [3.05, 3.63) is 107 Å². The van der Waals surface area contributed by atoms with Crippen molar-refractivity contribution in [2.75, 3.05) is 12.1 Å². The molecule has 0 bridgehead atoms. The first kappa shape index (κ1) is 25.4. The number of aromatic nitrogens is 2. The number of nitrogens with zero attached hydrogens (tertiary/aromatic N) is 2. The van der Waals surface area contributed by atoms with Crippen molar-refractivity contribution in [1.82, 2.24) is 15.1 Å². The van der Waals surface area contributed by atoms with Crippen molar-refractivity contribution in [1.29, 1.82) is 0 Å². The van der Waals surface area contributed by atoms with Gasteiger partial charge in [0.25, 0.3) is 0 Å². The Morgan fingerprint density at radius 2 is 1.82 bits per heavy atom. The van der Waals surface area contributed by atoms with Crippen LogP contribution in [0.3, 0.4) is 0 Å². The summed E-state index contributed by atoms with van der Waals surface area (Å²) in [5.41, 5.74) is 6.85. The molecule has 3 aromatic carbocycles. The summed E-state index contributed by atoms with van der Waals surface area (Å²) in [4.78, 5) is 12.6. The second-order valence-electron chi connectivity index (χ2n) is 9.84. The largest absolute Gasteiger partial charge is 0.507 e. The third-order valence-electron chi connectivity index (χ3n) is 7.01. The van der Waals surface area contributed by atoms with Crippen molar-refractivity contribution in [2.24, 2.45) is 0 Å². The van der Waals surface area contributed by atoms with Crippen molar-refractivity contribution >= 4 is 36.3 Å². The van der Waals surface area contributed by atoms with Gasteiger partial charge < -0.3 is 25.2 Å². The van der Waals surface area contributed by atoms with Gasteiger partial charge in [-0.1, -0.05) is 47.4 Å². The summed E-state index contributed by atoms with van der Waals surface area (Å²) in [5, 5.41) is 21.5. The van der Waals surface area contributed by atoms with Gasteiger partial charge in [0.2, 0.25) is 12.7 Å². The first-order chi connectivity index (χ1) is 19.4. The molecule has 4 aromatic rings. The number of hydrogen-bond acceptors (Lipinski definition) is 6. The summed E-state index contributed by atoms with van der Waals surface area (Å²) in [5.74, 6) is 2.21. The van der Waals surface area contributed by atoms with Crippen LogP contribution >= 0.6 is 0 Å². The number of benzene rings is 3. The molecule has 0 unspecified atom stereocenters. The van der Waals surface area contributed by atoms with Crippen LogP contribution in [0.25, 0.3) is 11.4 Å². The topological polar surface area (TPSA) is 97.6 Å². The van der Waals surface area contributed by atoms with E-state index >= 15 is 0 Å². The summed E-state index contributed by atoms with van der Waals surface area (Å²) < 4.78 is 12.5. The Kier molecular flexibility index (Phi) is 6.78. The number of carbonyl (C=O) groups is 1. The van der Waals surface area contributed by atoms with E-state index in [4.69, 9.17) is 17.3 Å². The Morgan fingerprint density at radius 3 is 2.65 bits per heavy atom. The fraction of sp³-hybridized carbons (Fsp3) is 0.161. The van der Waals surface area contributed by atoms with Gasteiger partial charge >= 0.3 is 0 Å². The van der Waals surface area contributed by atoms with Crippen molar-refractivity contribution in [3.63, 3.8) is 0 Å². The van der Waals surface area contributed by atoms with Crippen LogP contribution in [0, 0.1) is 0 Å². The van der Waals surface area contributed by atoms with Crippen LogP contribution in [0.4, 0.5) is 5.69 Å². The van der Waals surface area contributed by atoms with Crippen molar-refractivity contribution < 1.29 is 19.4 Å². The number of amides is 1. The SMILES string of the molecule is [B]c1cnn2c1CC(C)=C(c1ccccc1O)C=C2NCc1ccc(NC(=O)Cc2ccc3c(c2)OCO3)cc1. The number of rotatable bonds is 7. The van der Waals surface area contributed by atoms with Gasteiger partial charge in [-0.2, -0.15) is 5.10 Å². The molecule has 0 aliphatic carbocycles. The number of allylic oxidation sites excluding steroid dienone is 3. The maximum atomic E-state index is 12.6. The van der Waals surface area contributed by atoms with Crippen LogP contribution in [0.15, 0.2) is 84.6 Å². The fourth-order valence-electron chi connectivity index (χ4n) is 4.91. The van der Waals surface area contributed by atoms with Gasteiger partial charge in [0.05, 0.1) is 6.42 Å². The number of phenolic OH excluding ortho intramolecular Hbond substituents is 1. The van der Waals surface area contributed by atoms with Gasteiger partial charge in [-0.05, 0) is 60.0 Å². The molecule has 40 heavy (non-hydrogen) atoms. The summed E-state index contributed by atoms with van der Waals surface area (Å²) in [7, 11) is 6.25. The molecule has 2 radical (unpaired) electrons. The van der Waals surface area contributed by atoms with Gasteiger partial charge in [0.15, 0.2) is 11.5 Å². The van der Waals surface area contributed by atoms with E-state index in [9.17, 15) is 9.90 Å². The minimum absolute atomic E-state index is 0.115. The van der Waals surface area contributed by atoms with Crippen LogP contribution in [0.2, 0.25) is 0 Å². The highest BCUT2D eigenvalue weighted by Crippen LogP contribution is 2.34. The Balaban J connectivity index is 1.15. The minimum Gasteiger partial charge on any atom is -0.507 e. The molecule has 9 heteroatoms. The van der Waals surface area contributed by atoms with Gasteiger partial charge in [-0.25, -0.2) is 4.68 Å². The van der Waals surface area contributed by atoms with E-state index in [2.05, 4.69) is 15.7 Å². The number of nitrogens with one attached hydrogen (secondary N) is 2. The average Bonchev–Trinajstić information content (AvgIpc) is 3.53. The van der Waals surface area contributed by atoms with Gasteiger partial charge in [-0.15, -0.1) is 0 Å². The highest BCUT2D eigenvalue weighted by atomic mass is 16.7. The number of para-hydroxylation sites is 1. The van der Waals surface area contributed by atoms with E-state index in [-0.39, 0.29) is 24.9 Å².